The van der Waals surface area contributed by atoms with Crippen molar-refractivity contribution in [1.29, 1.82) is 0 Å². The summed E-state index contributed by atoms with van der Waals surface area (Å²) in [6, 6.07) is 6.82. The second-order valence-electron chi connectivity index (χ2n) is 9.54. The molecule has 1 aromatic carbocycles. The average molecular weight is 508 g/mol. The molecule has 0 aliphatic heterocycles. The van der Waals surface area contributed by atoms with E-state index < -0.39 is 17.4 Å². The number of halogens is 1. The van der Waals surface area contributed by atoms with Gasteiger partial charge in [-0.05, 0) is 30.0 Å². The second kappa shape index (κ2) is 10.4. The number of carbonyl (C=O) groups is 1. The maximum atomic E-state index is 15.2. The van der Waals surface area contributed by atoms with Crippen molar-refractivity contribution in [2.75, 3.05) is 7.05 Å². The van der Waals surface area contributed by atoms with Gasteiger partial charge in [0.05, 0.1) is 6.54 Å². The molecule has 3 aromatic rings. The van der Waals surface area contributed by atoms with Crippen LogP contribution in [-0.4, -0.2) is 35.8 Å². The average Bonchev–Trinajstić information content (AvgIpc) is 3.35. The lowest BCUT2D eigenvalue weighted by molar-refractivity contribution is 0.186. The quantitative estimate of drug-likeness (QED) is 0.405. The zero-order valence-electron chi connectivity index (χ0n) is 20.2. The van der Waals surface area contributed by atoms with Gasteiger partial charge < -0.3 is 9.30 Å². The van der Waals surface area contributed by atoms with Gasteiger partial charge >= 0.3 is 6.09 Å². The largest absolute Gasteiger partial charge is 0.429 e. The Morgan fingerprint density at radius 2 is 2.03 bits per heavy atom. The summed E-state index contributed by atoms with van der Waals surface area (Å²) in [7, 11) is 1.16. The monoisotopic (exact) mass is 507 g/mol. The topological polar surface area (TPSA) is 84.7 Å². The first-order valence-corrected chi connectivity index (χ1v) is 12.7. The molecule has 0 aliphatic carbocycles. The van der Waals surface area contributed by atoms with Gasteiger partial charge in [0.2, 0.25) is 0 Å². The van der Waals surface area contributed by atoms with Crippen LogP contribution >= 0.6 is 11.3 Å². The number of nitrogens with zero attached hydrogens (tertiary/aromatic N) is 3. The first-order chi connectivity index (χ1) is 15.9. The van der Waals surface area contributed by atoms with Gasteiger partial charge in [0, 0.05) is 40.9 Å². The van der Waals surface area contributed by atoms with Crippen LogP contribution in [0.3, 0.4) is 0 Å². The van der Waals surface area contributed by atoms with Gasteiger partial charge in [-0.1, -0.05) is 46.8 Å². The third kappa shape index (κ3) is 6.11. The van der Waals surface area contributed by atoms with Crippen molar-refractivity contribution in [3.63, 3.8) is 0 Å². The Kier molecular flexibility index (Phi) is 7.95. The van der Waals surface area contributed by atoms with Crippen molar-refractivity contribution < 1.29 is 22.7 Å². The van der Waals surface area contributed by atoms with Gasteiger partial charge in [-0.15, -0.1) is 11.3 Å². The van der Waals surface area contributed by atoms with Gasteiger partial charge in [-0.25, -0.2) is 22.7 Å². The fraction of sp³-hybridized carbons (Fsp3) is 0.417. The summed E-state index contributed by atoms with van der Waals surface area (Å²) in [5, 5.41) is 0.259. The molecule has 0 saturated heterocycles. The van der Waals surface area contributed by atoms with Gasteiger partial charge in [-0.3, -0.25) is 4.55 Å². The molecule has 1 atom stereocenters. The fourth-order valence-corrected chi connectivity index (χ4v) is 4.91. The fourth-order valence-electron chi connectivity index (χ4n) is 3.52. The minimum Gasteiger partial charge on any atom is -0.398 e. The molecular weight excluding hydrogens is 477 g/mol. The van der Waals surface area contributed by atoms with Crippen molar-refractivity contribution in [1.82, 2.24) is 13.9 Å². The van der Waals surface area contributed by atoms with Gasteiger partial charge in [0.15, 0.2) is 5.06 Å². The molecule has 1 unspecified atom stereocenters. The summed E-state index contributed by atoms with van der Waals surface area (Å²) in [4.78, 5) is 17.6. The number of thiophene rings is 1. The van der Waals surface area contributed by atoms with E-state index in [9.17, 15) is 9.00 Å². The molecular formula is C24H30FN3O4S2. The molecule has 3 rings (SSSR count). The van der Waals surface area contributed by atoms with Crippen LogP contribution in [0.25, 0.3) is 11.1 Å². The van der Waals surface area contributed by atoms with Crippen LogP contribution in [0.5, 0.6) is 5.06 Å². The standard InChI is InChI=1S/C24H30FN3O4S2/c1-15(2)11-18-13-19(21(33-18)32-23(29)27(6)34(30)31)16-7-8-17(20(25)12-16)14-28-10-9-26-22(28)24(3,4)5/h7-10,12-13,15H,11,14H2,1-6H3,(H,30,31). The third-order valence-electron chi connectivity index (χ3n) is 5.12. The summed E-state index contributed by atoms with van der Waals surface area (Å²) in [5.74, 6) is 0.856. The second-order valence-corrected chi connectivity index (χ2v) is 11.7. The highest BCUT2D eigenvalue weighted by atomic mass is 32.2. The molecule has 34 heavy (non-hydrogen) atoms. The van der Waals surface area contributed by atoms with Crippen molar-refractivity contribution in [2.45, 2.75) is 53.0 Å². The predicted octanol–water partition coefficient (Wildman–Crippen LogP) is 5.86. The van der Waals surface area contributed by atoms with Gasteiger partial charge in [0.1, 0.15) is 11.6 Å². The number of benzene rings is 1. The Labute approximate surface area is 206 Å². The van der Waals surface area contributed by atoms with Gasteiger partial charge in [-0.2, -0.15) is 0 Å². The highest BCUT2D eigenvalue weighted by Gasteiger charge is 2.23. The first-order valence-electron chi connectivity index (χ1n) is 10.9. The number of hydrogen-bond donors (Lipinski definition) is 1. The summed E-state index contributed by atoms with van der Waals surface area (Å²) in [6.45, 7) is 10.7. The minimum absolute atomic E-state index is 0.173. The third-order valence-corrected chi connectivity index (χ3v) is 6.77. The zero-order chi connectivity index (χ0) is 25.2. The van der Waals surface area contributed by atoms with E-state index in [0.29, 0.717) is 33.5 Å². The van der Waals surface area contributed by atoms with E-state index in [4.69, 9.17) is 9.29 Å². The number of hydrogen-bond acceptors (Lipinski definition) is 5. The molecule has 0 fully saturated rings. The van der Waals surface area contributed by atoms with Crippen molar-refractivity contribution >= 4 is 28.7 Å². The number of imidazole rings is 1. The van der Waals surface area contributed by atoms with Crippen LogP contribution in [0.15, 0.2) is 36.7 Å². The molecule has 1 amide bonds. The molecule has 0 aliphatic rings. The lowest BCUT2D eigenvalue weighted by Crippen LogP contribution is -2.30. The summed E-state index contributed by atoms with van der Waals surface area (Å²) in [5.41, 5.74) is 1.46. The zero-order valence-corrected chi connectivity index (χ0v) is 21.8. The number of aromatic nitrogens is 2. The van der Waals surface area contributed by atoms with E-state index in [0.717, 1.165) is 24.2 Å². The van der Waals surface area contributed by atoms with E-state index in [-0.39, 0.29) is 16.3 Å². The van der Waals surface area contributed by atoms with Crippen molar-refractivity contribution in [2.24, 2.45) is 5.92 Å². The SMILES string of the molecule is CC(C)Cc1cc(-c2ccc(Cn3ccnc3C(C)(C)C)c(F)c2)c(OC(=O)N(C)S(=O)O)s1. The Balaban J connectivity index is 1.94. The maximum absolute atomic E-state index is 15.2. The Hall–Kier alpha value is -2.56. The number of carbonyl (C=O) groups excluding carboxylic acids is 1. The first kappa shape index (κ1) is 26.1. The van der Waals surface area contributed by atoms with Crippen LogP contribution in [0.1, 0.15) is 50.9 Å². The summed E-state index contributed by atoms with van der Waals surface area (Å²) >= 11 is -1.23. The summed E-state index contributed by atoms with van der Waals surface area (Å²) < 4.78 is 43.5. The molecule has 0 bridgehead atoms. The predicted molar refractivity (Wildman–Crippen MR) is 133 cm³/mol. The van der Waals surface area contributed by atoms with Crippen LogP contribution < -0.4 is 4.74 Å². The van der Waals surface area contributed by atoms with E-state index >= 15 is 4.39 Å². The van der Waals surface area contributed by atoms with E-state index in [1.54, 1.807) is 18.3 Å². The van der Waals surface area contributed by atoms with E-state index in [1.165, 1.54) is 17.4 Å². The lowest BCUT2D eigenvalue weighted by Gasteiger charge is -2.20. The molecule has 184 valence electrons. The van der Waals surface area contributed by atoms with Gasteiger partial charge in [0.25, 0.3) is 11.3 Å². The van der Waals surface area contributed by atoms with E-state index in [1.807, 2.05) is 16.8 Å². The lowest BCUT2D eigenvalue weighted by atomic mass is 9.95. The number of rotatable bonds is 7. The number of ether oxygens (including phenoxy) is 1. The van der Waals surface area contributed by atoms with Crippen molar-refractivity contribution in [3.8, 4) is 16.2 Å². The molecule has 7 nitrogen and oxygen atoms in total. The molecule has 0 spiro atoms. The Morgan fingerprint density at radius 1 is 1.32 bits per heavy atom. The smallest absolute Gasteiger partial charge is 0.398 e. The Bertz CT molecular complexity index is 1200. The van der Waals surface area contributed by atoms with E-state index in [2.05, 4.69) is 39.6 Å². The molecule has 2 heterocycles. The van der Waals surface area contributed by atoms with Crippen LogP contribution in [-0.2, 0) is 29.6 Å². The molecule has 1 N–H and O–H groups in total. The van der Waals surface area contributed by atoms with Crippen LogP contribution in [0.2, 0.25) is 0 Å². The maximum Gasteiger partial charge on any atom is 0.429 e. The van der Waals surface area contributed by atoms with Crippen LogP contribution in [0, 0.1) is 11.7 Å². The molecule has 0 saturated carbocycles. The molecule has 2 aromatic heterocycles. The summed E-state index contributed by atoms with van der Waals surface area (Å²) in [6.07, 6.45) is 3.34. The molecule has 10 heteroatoms. The normalized spacial score (nSPS) is 12.7. The van der Waals surface area contributed by atoms with Crippen LogP contribution in [0.4, 0.5) is 9.18 Å². The minimum atomic E-state index is -2.50. The highest BCUT2D eigenvalue weighted by Crippen LogP contribution is 2.40. The molecule has 0 radical (unpaired) electrons. The van der Waals surface area contributed by atoms with Crippen molar-refractivity contribution in [3.05, 3.63) is 58.7 Å². The number of amides is 1. The Morgan fingerprint density at radius 3 is 2.62 bits per heavy atom. The highest BCUT2D eigenvalue weighted by molar-refractivity contribution is 7.77.